The Kier molecular flexibility index (Phi) is 5.87. The minimum atomic E-state index is -0.322. The molecule has 120 valence electrons. The fraction of sp³-hybridized carbons (Fsp3) is 0.176. The third kappa shape index (κ3) is 5.17. The summed E-state index contributed by atoms with van der Waals surface area (Å²) in [5.74, 6) is -0.831. The van der Waals surface area contributed by atoms with Gasteiger partial charge in [0.25, 0.3) is 0 Å². The van der Waals surface area contributed by atoms with Gasteiger partial charge in [-0.25, -0.2) is 4.39 Å². The first kappa shape index (κ1) is 17.1. The molecule has 0 bridgehead atoms. The van der Waals surface area contributed by atoms with Gasteiger partial charge in [0.15, 0.2) is 0 Å². The average molecular weight is 379 g/mol. The number of rotatable bonds is 5. The SMILES string of the molecule is CC(=O)N(CC(=O)NCc1ccc(F)cc1)c1cccc(Br)c1. The average Bonchev–Trinajstić information content (AvgIpc) is 2.51. The van der Waals surface area contributed by atoms with E-state index in [4.69, 9.17) is 0 Å². The standard InChI is InChI=1S/C17H16BrFN2O2/c1-12(22)21(16-4-2-3-14(18)9-16)11-17(23)20-10-13-5-7-15(19)8-6-13/h2-9H,10-11H2,1H3,(H,20,23). The molecule has 0 radical (unpaired) electrons. The lowest BCUT2D eigenvalue weighted by Crippen LogP contribution is -2.39. The first-order valence-corrected chi connectivity index (χ1v) is 7.80. The van der Waals surface area contributed by atoms with Crippen LogP contribution in [-0.4, -0.2) is 18.4 Å². The maximum atomic E-state index is 12.8. The predicted molar refractivity (Wildman–Crippen MR) is 90.4 cm³/mol. The van der Waals surface area contributed by atoms with Gasteiger partial charge in [0.1, 0.15) is 12.4 Å². The van der Waals surface area contributed by atoms with Gasteiger partial charge in [-0.3, -0.25) is 9.59 Å². The van der Waals surface area contributed by atoms with E-state index < -0.39 is 0 Å². The molecule has 0 atom stereocenters. The van der Waals surface area contributed by atoms with E-state index in [2.05, 4.69) is 21.2 Å². The fourth-order valence-electron chi connectivity index (χ4n) is 2.03. The smallest absolute Gasteiger partial charge is 0.240 e. The van der Waals surface area contributed by atoms with Gasteiger partial charge in [-0.1, -0.05) is 34.1 Å². The third-order valence-electron chi connectivity index (χ3n) is 3.20. The second-order valence-corrected chi connectivity index (χ2v) is 5.90. The van der Waals surface area contributed by atoms with Crippen molar-refractivity contribution in [1.82, 2.24) is 5.32 Å². The van der Waals surface area contributed by atoms with Crippen LogP contribution in [0.3, 0.4) is 0 Å². The van der Waals surface area contributed by atoms with Crippen LogP contribution in [0.1, 0.15) is 12.5 Å². The minimum Gasteiger partial charge on any atom is -0.350 e. The van der Waals surface area contributed by atoms with Crippen molar-refractivity contribution in [3.05, 3.63) is 64.4 Å². The van der Waals surface area contributed by atoms with E-state index in [1.165, 1.54) is 24.0 Å². The van der Waals surface area contributed by atoms with Crippen molar-refractivity contribution in [2.24, 2.45) is 0 Å². The monoisotopic (exact) mass is 378 g/mol. The molecule has 2 aromatic carbocycles. The number of carbonyl (C=O) groups excluding carboxylic acids is 2. The molecule has 0 saturated heterocycles. The van der Waals surface area contributed by atoms with Crippen LogP contribution in [-0.2, 0) is 16.1 Å². The Labute approximate surface area is 142 Å². The van der Waals surface area contributed by atoms with Crippen LogP contribution in [0, 0.1) is 5.82 Å². The summed E-state index contributed by atoms with van der Waals surface area (Å²) in [6.45, 7) is 1.62. The van der Waals surface area contributed by atoms with Gasteiger partial charge in [0.2, 0.25) is 11.8 Å². The van der Waals surface area contributed by atoms with Crippen molar-refractivity contribution in [3.8, 4) is 0 Å². The maximum absolute atomic E-state index is 12.8. The zero-order valence-corrected chi connectivity index (χ0v) is 14.1. The molecule has 0 saturated carbocycles. The number of benzene rings is 2. The molecule has 0 aliphatic carbocycles. The summed E-state index contributed by atoms with van der Waals surface area (Å²) in [6, 6.07) is 13.1. The summed E-state index contributed by atoms with van der Waals surface area (Å²) in [4.78, 5) is 25.3. The van der Waals surface area contributed by atoms with Crippen LogP contribution in [0.15, 0.2) is 53.0 Å². The van der Waals surface area contributed by atoms with Crippen molar-refractivity contribution in [1.29, 1.82) is 0 Å². The van der Waals surface area contributed by atoms with Gasteiger partial charge >= 0.3 is 0 Å². The molecule has 6 heteroatoms. The highest BCUT2D eigenvalue weighted by molar-refractivity contribution is 9.10. The Balaban J connectivity index is 1.98. The highest BCUT2D eigenvalue weighted by atomic mass is 79.9. The van der Waals surface area contributed by atoms with E-state index in [-0.39, 0.29) is 30.7 Å². The predicted octanol–water partition coefficient (Wildman–Crippen LogP) is 3.26. The van der Waals surface area contributed by atoms with Gasteiger partial charge in [0, 0.05) is 23.6 Å². The van der Waals surface area contributed by atoms with Crippen LogP contribution in [0.4, 0.5) is 10.1 Å². The molecular weight excluding hydrogens is 363 g/mol. The molecule has 0 aliphatic rings. The molecule has 0 heterocycles. The second-order valence-electron chi connectivity index (χ2n) is 4.99. The summed E-state index contributed by atoms with van der Waals surface area (Å²) < 4.78 is 13.7. The van der Waals surface area contributed by atoms with Crippen LogP contribution in [0.5, 0.6) is 0 Å². The Hall–Kier alpha value is -2.21. The summed E-state index contributed by atoms with van der Waals surface area (Å²) in [6.07, 6.45) is 0. The highest BCUT2D eigenvalue weighted by Crippen LogP contribution is 2.20. The maximum Gasteiger partial charge on any atom is 0.240 e. The topological polar surface area (TPSA) is 49.4 Å². The molecule has 23 heavy (non-hydrogen) atoms. The molecule has 2 amide bonds. The van der Waals surface area contributed by atoms with E-state index in [1.54, 1.807) is 30.3 Å². The molecular formula is C17H16BrFN2O2. The van der Waals surface area contributed by atoms with Gasteiger partial charge in [-0.05, 0) is 35.9 Å². The van der Waals surface area contributed by atoms with Gasteiger partial charge in [-0.15, -0.1) is 0 Å². The first-order valence-electron chi connectivity index (χ1n) is 7.00. The fourth-order valence-corrected chi connectivity index (χ4v) is 2.42. The summed E-state index contributed by atoms with van der Waals surface area (Å²) >= 11 is 3.34. The van der Waals surface area contributed by atoms with Crippen molar-refractivity contribution >= 4 is 33.4 Å². The lowest BCUT2D eigenvalue weighted by Gasteiger charge is -2.21. The summed E-state index contributed by atoms with van der Waals surface area (Å²) in [5, 5.41) is 2.72. The molecule has 2 aromatic rings. The number of anilines is 1. The van der Waals surface area contributed by atoms with Crippen LogP contribution < -0.4 is 10.2 Å². The van der Waals surface area contributed by atoms with Gasteiger partial charge in [0.05, 0.1) is 0 Å². The quantitative estimate of drug-likeness (QED) is 0.867. The molecule has 0 spiro atoms. The van der Waals surface area contributed by atoms with E-state index >= 15 is 0 Å². The van der Waals surface area contributed by atoms with Crippen molar-refractivity contribution in [2.45, 2.75) is 13.5 Å². The van der Waals surface area contributed by atoms with Gasteiger partial charge in [-0.2, -0.15) is 0 Å². The lowest BCUT2D eigenvalue weighted by atomic mass is 10.2. The highest BCUT2D eigenvalue weighted by Gasteiger charge is 2.15. The number of amides is 2. The molecule has 4 nitrogen and oxygen atoms in total. The van der Waals surface area contributed by atoms with E-state index in [0.717, 1.165) is 10.0 Å². The summed E-state index contributed by atoms with van der Waals surface area (Å²) in [7, 11) is 0. The van der Waals surface area contributed by atoms with Crippen LogP contribution in [0.25, 0.3) is 0 Å². The van der Waals surface area contributed by atoms with Gasteiger partial charge < -0.3 is 10.2 Å². The number of hydrogen-bond acceptors (Lipinski definition) is 2. The van der Waals surface area contributed by atoms with E-state index in [9.17, 15) is 14.0 Å². The van der Waals surface area contributed by atoms with E-state index in [0.29, 0.717) is 5.69 Å². The molecule has 0 aromatic heterocycles. The van der Waals surface area contributed by atoms with Crippen molar-refractivity contribution in [2.75, 3.05) is 11.4 Å². The molecule has 0 aliphatic heterocycles. The number of halogens is 2. The first-order chi connectivity index (χ1) is 11.0. The Bertz CT molecular complexity index is 704. The zero-order chi connectivity index (χ0) is 16.8. The Morgan fingerprint density at radius 3 is 2.48 bits per heavy atom. The lowest BCUT2D eigenvalue weighted by molar-refractivity contribution is -0.123. The Morgan fingerprint density at radius 2 is 1.87 bits per heavy atom. The zero-order valence-electron chi connectivity index (χ0n) is 12.6. The van der Waals surface area contributed by atoms with Crippen molar-refractivity contribution < 1.29 is 14.0 Å². The summed E-state index contributed by atoms with van der Waals surface area (Å²) in [5.41, 5.74) is 1.43. The van der Waals surface area contributed by atoms with E-state index in [1.807, 2.05) is 6.07 Å². The number of carbonyl (C=O) groups is 2. The molecule has 0 unspecified atom stereocenters. The largest absolute Gasteiger partial charge is 0.350 e. The third-order valence-corrected chi connectivity index (χ3v) is 3.70. The molecule has 2 rings (SSSR count). The molecule has 0 fully saturated rings. The Morgan fingerprint density at radius 1 is 1.17 bits per heavy atom. The number of nitrogens with zero attached hydrogens (tertiary/aromatic N) is 1. The second kappa shape index (κ2) is 7.87. The number of nitrogens with one attached hydrogen (secondary N) is 1. The number of hydrogen-bond donors (Lipinski definition) is 1. The molecule has 1 N–H and O–H groups in total. The van der Waals surface area contributed by atoms with Crippen LogP contribution in [0.2, 0.25) is 0 Å². The minimum absolute atomic E-state index is 0.0764. The normalized spacial score (nSPS) is 10.2. The van der Waals surface area contributed by atoms with Crippen LogP contribution >= 0.6 is 15.9 Å². The van der Waals surface area contributed by atoms with Crippen molar-refractivity contribution in [3.63, 3.8) is 0 Å².